The van der Waals surface area contributed by atoms with Gasteiger partial charge in [0.15, 0.2) is 0 Å². The summed E-state index contributed by atoms with van der Waals surface area (Å²) in [5.74, 6) is -0.773. The quantitative estimate of drug-likeness (QED) is 0.637. The Hall–Kier alpha value is -1.64. The lowest BCUT2D eigenvalue weighted by molar-refractivity contribution is -0.274. The Bertz CT molecular complexity index is 779. The first-order chi connectivity index (χ1) is 12.5. The van der Waals surface area contributed by atoms with E-state index in [2.05, 4.69) is 5.32 Å². The second kappa shape index (κ2) is 8.58. The molecule has 0 saturated carbocycles. The summed E-state index contributed by atoms with van der Waals surface area (Å²) in [6, 6.07) is 9.29. The molecule has 0 bridgehead atoms. The summed E-state index contributed by atoms with van der Waals surface area (Å²) in [6.07, 6.45) is -5.70. The summed E-state index contributed by atoms with van der Waals surface area (Å²) in [5, 5.41) is 12.6. The molecule has 0 aliphatic heterocycles. The lowest BCUT2D eigenvalue weighted by Crippen LogP contribution is -2.45. The van der Waals surface area contributed by atoms with Crippen molar-refractivity contribution >= 4 is 29.3 Å². The van der Waals surface area contributed by atoms with Crippen LogP contribution in [0.25, 0.3) is 0 Å². The molecule has 2 rings (SSSR count). The number of hydrogen-bond donors (Lipinski definition) is 2. The summed E-state index contributed by atoms with van der Waals surface area (Å²) >= 11 is 7.05. The number of carbonyl (C=O) groups excluding carboxylic acids is 1. The molecule has 4 nitrogen and oxygen atoms in total. The number of hydrogen-bond acceptors (Lipinski definition) is 4. The van der Waals surface area contributed by atoms with Crippen LogP contribution < -0.4 is 5.32 Å². The van der Waals surface area contributed by atoms with Gasteiger partial charge in [-0.3, -0.25) is 4.79 Å². The fourth-order valence-electron chi connectivity index (χ4n) is 2.34. The number of halogens is 4. The fourth-order valence-corrected chi connectivity index (χ4v) is 3.36. The number of thioether (sulfide) groups is 1. The second-order valence-electron chi connectivity index (χ2n) is 6.02. The third-order valence-electron chi connectivity index (χ3n) is 3.90. The Morgan fingerprint density at radius 2 is 1.89 bits per heavy atom. The van der Waals surface area contributed by atoms with Crippen molar-refractivity contribution in [1.82, 2.24) is 5.32 Å². The van der Waals surface area contributed by atoms with Crippen LogP contribution in [0.4, 0.5) is 13.2 Å². The van der Waals surface area contributed by atoms with Gasteiger partial charge in [-0.15, -0.1) is 11.8 Å². The maximum absolute atomic E-state index is 13.4. The van der Waals surface area contributed by atoms with Crippen LogP contribution in [0.5, 0.6) is 0 Å². The zero-order valence-corrected chi connectivity index (χ0v) is 16.2. The maximum Gasteiger partial charge on any atom is 0.424 e. The SMILES string of the molecule is Cc1ccc(C(O)(CCNC(=O)C(C)Sc2ccc(Cl)cc2)C(F)(F)F)o1. The molecule has 0 aliphatic rings. The lowest BCUT2D eigenvalue weighted by Gasteiger charge is -2.28. The number of furan rings is 1. The van der Waals surface area contributed by atoms with Crippen LogP contribution in [0.1, 0.15) is 24.9 Å². The van der Waals surface area contributed by atoms with E-state index in [1.807, 2.05) is 0 Å². The number of carbonyl (C=O) groups is 1. The Morgan fingerprint density at radius 3 is 2.41 bits per heavy atom. The molecule has 1 aromatic heterocycles. The number of aryl methyl sites for hydroxylation is 1. The van der Waals surface area contributed by atoms with Crippen LogP contribution in [0.2, 0.25) is 5.02 Å². The lowest BCUT2D eigenvalue weighted by atomic mass is 9.95. The fraction of sp³-hybridized carbons (Fsp3) is 0.389. The molecule has 2 unspecified atom stereocenters. The van der Waals surface area contributed by atoms with E-state index >= 15 is 0 Å². The van der Waals surface area contributed by atoms with E-state index in [4.69, 9.17) is 16.0 Å². The molecular weight excluding hydrogens is 403 g/mol. The van der Waals surface area contributed by atoms with Gasteiger partial charge in [-0.2, -0.15) is 13.2 Å². The van der Waals surface area contributed by atoms with Gasteiger partial charge in [0.25, 0.3) is 0 Å². The zero-order chi connectivity index (χ0) is 20.2. The van der Waals surface area contributed by atoms with Gasteiger partial charge in [0, 0.05) is 22.9 Å². The van der Waals surface area contributed by atoms with Gasteiger partial charge in [0.1, 0.15) is 11.5 Å². The highest BCUT2D eigenvalue weighted by Crippen LogP contribution is 2.42. The predicted octanol–water partition coefficient (Wildman–Crippen LogP) is 4.68. The van der Waals surface area contributed by atoms with Crippen molar-refractivity contribution in [2.45, 2.75) is 42.2 Å². The minimum absolute atomic E-state index is 0.254. The molecule has 0 spiro atoms. The van der Waals surface area contributed by atoms with Crippen molar-refractivity contribution in [2.75, 3.05) is 6.54 Å². The molecule has 1 heterocycles. The maximum atomic E-state index is 13.4. The minimum atomic E-state index is -4.94. The predicted molar refractivity (Wildman–Crippen MR) is 97.8 cm³/mol. The van der Waals surface area contributed by atoms with Crippen LogP contribution in [-0.4, -0.2) is 29.0 Å². The summed E-state index contributed by atoms with van der Waals surface area (Å²) < 4.78 is 45.1. The first kappa shape index (κ1) is 21.7. The largest absolute Gasteiger partial charge is 0.463 e. The Morgan fingerprint density at radius 1 is 1.26 bits per heavy atom. The van der Waals surface area contributed by atoms with E-state index in [1.165, 1.54) is 24.8 Å². The molecule has 2 aromatic rings. The molecule has 0 radical (unpaired) electrons. The van der Waals surface area contributed by atoms with E-state index in [0.29, 0.717) is 5.02 Å². The Labute approximate surface area is 164 Å². The number of amides is 1. The third kappa shape index (κ3) is 5.43. The van der Waals surface area contributed by atoms with Gasteiger partial charge in [0.2, 0.25) is 11.5 Å². The monoisotopic (exact) mass is 421 g/mol. The normalized spacial score (nSPS) is 15.2. The first-order valence-corrected chi connectivity index (χ1v) is 9.34. The standard InChI is InChI=1S/C18H19ClF3NO3S/c1-11-3-8-15(26-11)17(25,18(20,21)22)9-10-23-16(24)12(2)27-14-6-4-13(19)5-7-14/h3-8,12,25H,9-10H2,1-2H3,(H,23,24). The molecule has 2 N–H and O–H groups in total. The highest BCUT2D eigenvalue weighted by atomic mass is 35.5. The highest BCUT2D eigenvalue weighted by molar-refractivity contribution is 8.00. The summed E-state index contributed by atoms with van der Waals surface area (Å²) in [4.78, 5) is 13.0. The number of benzene rings is 1. The smallest absolute Gasteiger partial charge is 0.424 e. The van der Waals surface area contributed by atoms with Crippen molar-refractivity contribution in [3.8, 4) is 0 Å². The van der Waals surface area contributed by atoms with E-state index < -0.39 is 35.1 Å². The second-order valence-corrected chi connectivity index (χ2v) is 7.87. The first-order valence-electron chi connectivity index (χ1n) is 8.09. The molecule has 27 heavy (non-hydrogen) atoms. The number of rotatable bonds is 7. The average Bonchev–Trinajstić information content (AvgIpc) is 3.02. The molecule has 0 saturated heterocycles. The zero-order valence-electron chi connectivity index (χ0n) is 14.6. The molecule has 148 valence electrons. The van der Waals surface area contributed by atoms with Crippen molar-refractivity contribution in [1.29, 1.82) is 0 Å². The molecule has 0 fully saturated rings. The van der Waals surface area contributed by atoms with Crippen molar-refractivity contribution in [3.05, 3.63) is 52.9 Å². The van der Waals surface area contributed by atoms with E-state index in [0.717, 1.165) is 11.0 Å². The van der Waals surface area contributed by atoms with Crippen LogP contribution in [0, 0.1) is 6.92 Å². The summed E-state index contributed by atoms with van der Waals surface area (Å²) in [5.41, 5.74) is -3.17. The summed E-state index contributed by atoms with van der Waals surface area (Å²) in [7, 11) is 0. The average molecular weight is 422 g/mol. The Balaban J connectivity index is 1.95. The van der Waals surface area contributed by atoms with Gasteiger partial charge in [-0.25, -0.2) is 0 Å². The summed E-state index contributed by atoms with van der Waals surface area (Å²) in [6.45, 7) is 2.76. The van der Waals surface area contributed by atoms with Gasteiger partial charge < -0.3 is 14.8 Å². The van der Waals surface area contributed by atoms with E-state index in [-0.39, 0.29) is 12.3 Å². The highest BCUT2D eigenvalue weighted by Gasteiger charge is 2.56. The van der Waals surface area contributed by atoms with Gasteiger partial charge in [-0.1, -0.05) is 11.6 Å². The van der Waals surface area contributed by atoms with Crippen LogP contribution in [0.15, 0.2) is 45.7 Å². The molecular formula is C18H19ClF3NO3S. The van der Waals surface area contributed by atoms with Crippen molar-refractivity contribution < 1.29 is 27.5 Å². The van der Waals surface area contributed by atoms with E-state index in [9.17, 15) is 23.1 Å². The molecule has 1 amide bonds. The van der Waals surface area contributed by atoms with Crippen LogP contribution in [0.3, 0.4) is 0 Å². The molecule has 0 aliphatic carbocycles. The third-order valence-corrected chi connectivity index (χ3v) is 5.26. The van der Waals surface area contributed by atoms with Gasteiger partial charge in [-0.05, 0) is 50.2 Å². The Kier molecular flexibility index (Phi) is 6.88. The van der Waals surface area contributed by atoms with Crippen molar-refractivity contribution in [2.24, 2.45) is 0 Å². The number of aliphatic hydroxyl groups is 1. The number of alkyl halides is 3. The topological polar surface area (TPSA) is 62.5 Å². The van der Waals surface area contributed by atoms with Crippen LogP contribution in [-0.2, 0) is 10.4 Å². The van der Waals surface area contributed by atoms with E-state index in [1.54, 1.807) is 31.2 Å². The molecule has 2 atom stereocenters. The van der Waals surface area contributed by atoms with Gasteiger partial charge >= 0.3 is 6.18 Å². The number of nitrogens with one attached hydrogen (secondary N) is 1. The minimum Gasteiger partial charge on any atom is -0.463 e. The van der Waals surface area contributed by atoms with Gasteiger partial charge in [0.05, 0.1) is 5.25 Å². The van der Waals surface area contributed by atoms with Crippen LogP contribution >= 0.6 is 23.4 Å². The molecule has 9 heteroatoms. The molecule has 1 aromatic carbocycles. The van der Waals surface area contributed by atoms with Crippen molar-refractivity contribution in [3.63, 3.8) is 0 Å².